The van der Waals surface area contributed by atoms with Crippen LogP contribution in [0.1, 0.15) is 11.1 Å². The number of carbonyl (C=O) groups is 3. The summed E-state index contributed by atoms with van der Waals surface area (Å²) in [4.78, 5) is 40.7. The van der Waals surface area contributed by atoms with Gasteiger partial charge in [0.05, 0.1) is 23.3 Å². The second kappa shape index (κ2) is 12.2. The predicted octanol–water partition coefficient (Wildman–Crippen LogP) is 4.40. The van der Waals surface area contributed by atoms with E-state index >= 15 is 0 Å². The number of amides is 3. The normalized spacial score (nSPS) is 10.7. The SMILES string of the molecule is O=C(COC(=O)CSc1nc2cc(Cl)ccc2n1Cc1ccccc1)NC(=O)NCc1ccccc1. The summed E-state index contributed by atoms with van der Waals surface area (Å²) in [6.45, 7) is 0.274. The molecule has 0 radical (unpaired) electrons. The smallest absolute Gasteiger partial charge is 0.321 e. The molecule has 0 aliphatic heterocycles. The minimum absolute atomic E-state index is 0.0562. The Morgan fingerprint density at radius 2 is 1.64 bits per heavy atom. The van der Waals surface area contributed by atoms with Gasteiger partial charge < -0.3 is 14.6 Å². The van der Waals surface area contributed by atoms with Crippen LogP contribution in [0.2, 0.25) is 5.02 Å². The topological polar surface area (TPSA) is 102 Å². The zero-order valence-electron chi connectivity index (χ0n) is 19.1. The van der Waals surface area contributed by atoms with Gasteiger partial charge in [-0.3, -0.25) is 14.9 Å². The van der Waals surface area contributed by atoms with Crippen molar-refractivity contribution in [3.63, 3.8) is 0 Å². The summed E-state index contributed by atoms with van der Waals surface area (Å²) >= 11 is 7.33. The van der Waals surface area contributed by atoms with Crippen LogP contribution in [0.4, 0.5) is 4.79 Å². The minimum atomic E-state index is -0.718. The number of ether oxygens (including phenoxy) is 1. The minimum Gasteiger partial charge on any atom is -0.455 e. The van der Waals surface area contributed by atoms with Gasteiger partial charge in [0.15, 0.2) is 11.8 Å². The molecule has 4 aromatic rings. The number of esters is 1. The molecule has 0 aliphatic carbocycles. The summed E-state index contributed by atoms with van der Waals surface area (Å²) < 4.78 is 7.03. The number of aromatic nitrogens is 2. The molecule has 0 bridgehead atoms. The molecule has 8 nitrogen and oxygen atoms in total. The van der Waals surface area contributed by atoms with E-state index in [-0.39, 0.29) is 12.3 Å². The Labute approximate surface area is 217 Å². The summed E-state index contributed by atoms with van der Waals surface area (Å²) in [6, 6.07) is 24.0. The summed E-state index contributed by atoms with van der Waals surface area (Å²) in [5.74, 6) is -1.37. The van der Waals surface area contributed by atoms with Gasteiger partial charge >= 0.3 is 12.0 Å². The summed E-state index contributed by atoms with van der Waals surface area (Å²) in [5, 5.41) is 5.90. The van der Waals surface area contributed by atoms with Crippen LogP contribution in [0.25, 0.3) is 11.0 Å². The number of nitrogens with one attached hydrogen (secondary N) is 2. The molecule has 0 saturated carbocycles. The Balaban J connectivity index is 1.29. The van der Waals surface area contributed by atoms with Crippen molar-refractivity contribution in [3.8, 4) is 0 Å². The molecular formula is C26H23ClN4O4S. The number of urea groups is 1. The quantitative estimate of drug-likeness (QED) is 0.249. The molecule has 0 spiro atoms. The molecule has 1 aromatic heterocycles. The molecule has 0 aliphatic rings. The highest BCUT2D eigenvalue weighted by molar-refractivity contribution is 7.99. The fraction of sp³-hybridized carbons (Fsp3) is 0.154. The maximum atomic E-state index is 12.3. The number of benzene rings is 3. The van der Waals surface area contributed by atoms with E-state index in [0.717, 1.165) is 22.2 Å². The van der Waals surface area contributed by atoms with Gasteiger partial charge in [0.1, 0.15) is 0 Å². The number of nitrogens with zero attached hydrogens (tertiary/aromatic N) is 2. The van der Waals surface area contributed by atoms with Crippen LogP contribution >= 0.6 is 23.4 Å². The third-order valence-electron chi connectivity index (χ3n) is 5.09. The molecule has 184 valence electrons. The lowest BCUT2D eigenvalue weighted by atomic mass is 10.2. The number of hydrogen-bond donors (Lipinski definition) is 2. The van der Waals surface area contributed by atoms with E-state index in [1.165, 1.54) is 11.8 Å². The largest absolute Gasteiger partial charge is 0.455 e. The Kier molecular flexibility index (Phi) is 8.59. The molecular weight excluding hydrogens is 500 g/mol. The lowest BCUT2D eigenvalue weighted by Crippen LogP contribution is -2.41. The monoisotopic (exact) mass is 522 g/mol. The van der Waals surface area contributed by atoms with Gasteiger partial charge in [0, 0.05) is 11.6 Å². The first-order valence-corrected chi connectivity index (χ1v) is 12.4. The third kappa shape index (κ3) is 7.10. The standard InChI is InChI=1S/C26H23ClN4O4S/c27-20-11-12-22-21(13-20)29-26(31(22)15-19-9-5-2-6-10-19)36-17-24(33)35-16-23(32)30-25(34)28-14-18-7-3-1-4-8-18/h1-13H,14-17H2,(H2,28,30,32,34). The number of halogens is 1. The summed E-state index contributed by atoms with van der Waals surface area (Å²) in [5.41, 5.74) is 3.58. The molecule has 1 heterocycles. The Morgan fingerprint density at radius 1 is 0.944 bits per heavy atom. The van der Waals surface area contributed by atoms with E-state index in [9.17, 15) is 14.4 Å². The number of imidazole rings is 1. The first kappa shape index (κ1) is 25.3. The average Bonchev–Trinajstić information content (AvgIpc) is 3.22. The highest BCUT2D eigenvalue weighted by Crippen LogP contribution is 2.27. The van der Waals surface area contributed by atoms with Crippen LogP contribution < -0.4 is 10.6 Å². The van der Waals surface area contributed by atoms with Gasteiger partial charge in [0.25, 0.3) is 5.91 Å². The Bertz CT molecular complexity index is 1360. The van der Waals surface area contributed by atoms with Crippen molar-refractivity contribution in [3.05, 3.63) is 95.0 Å². The van der Waals surface area contributed by atoms with Crippen LogP contribution in [0.5, 0.6) is 0 Å². The first-order valence-electron chi connectivity index (χ1n) is 11.1. The fourth-order valence-corrected chi connectivity index (χ4v) is 4.38. The van der Waals surface area contributed by atoms with E-state index in [2.05, 4.69) is 15.6 Å². The number of carbonyl (C=O) groups excluding carboxylic acids is 3. The molecule has 36 heavy (non-hydrogen) atoms. The zero-order chi connectivity index (χ0) is 25.3. The summed E-state index contributed by atoms with van der Waals surface area (Å²) in [6.07, 6.45) is 0. The van der Waals surface area contributed by atoms with Gasteiger partial charge in [-0.1, -0.05) is 84.0 Å². The first-order chi connectivity index (χ1) is 17.5. The van der Waals surface area contributed by atoms with Crippen LogP contribution in [0.3, 0.4) is 0 Å². The van der Waals surface area contributed by atoms with Gasteiger partial charge in [-0.2, -0.15) is 0 Å². The highest BCUT2D eigenvalue weighted by Gasteiger charge is 2.16. The molecule has 3 amide bonds. The second-order valence-electron chi connectivity index (χ2n) is 7.76. The lowest BCUT2D eigenvalue weighted by Gasteiger charge is -2.10. The summed E-state index contributed by atoms with van der Waals surface area (Å²) in [7, 11) is 0. The van der Waals surface area contributed by atoms with Crippen molar-refractivity contribution in [2.45, 2.75) is 18.2 Å². The van der Waals surface area contributed by atoms with Crippen LogP contribution in [0.15, 0.2) is 84.0 Å². The van der Waals surface area contributed by atoms with Crippen molar-refractivity contribution in [1.82, 2.24) is 20.2 Å². The highest BCUT2D eigenvalue weighted by atomic mass is 35.5. The molecule has 0 atom stereocenters. The van der Waals surface area contributed by atoms with Crippen molar-refractivity contribution in [1.29, 1.82) is 0 Å². The van der Waals surface area contributed by atoms with E-state index in [1.807, 2.05) is 71.3 Å². The number of thioether (sulfide) groups is 1. The number of rotatable bonds is 9. The molecule has 0 unspecified atom stereocenters. The average molecular weight is 523 g/mol. The molecule has 2 N–H and O–H groups in total. The number of fused-ring (bicyclic) bond motifs is 1. The second-order valence-corrected chi connectivity index (χ2v) is 9.14. The van der Waals surface area contributed by atoms with E-state index in [1.54, 1.807) is 12.1 Å². The molecule has 3 aromatic carbocycles. The van der Waals surface area contributed by atoms with Crippen molar-refractivity contribution >= 4 is 52.3 Å². The maximum absolute atomic E-state index is 12.3. The van der Waals surface area contributed by atoms with Crippen molar-refractivity contribution in [2.24, 2.45) is 0 Å². The van der Waals surface area contributed by atoms with Gasteiger partial charge in [-0.15, -0.1) is 0 Å². The Morgan fingerprint density at radius 3 is 2.36 bits per heavy atom. The zero-order valence-corrected chi connectivity index (χ0v) is 20.7. The van der Waals surface area contributed by atoms with Crippen LogP contribution in [-0.2, 0) is 27.4 Å². The molecule has 0 fully saturated rings. The predicted molar refractivity (Wildman–Crippen MR) is 139 cm³/mol. The van der Waals surface area contributed by atoms with E-state index in [0.29, 0.717) is 16.7 Å². The van der Waals surface area contributed by atoms with Crippen LogP contribution in [-0.4, -0.2) is 39.8 Å². The lowest BCUT2D eigenvalue weighted by molar-refractivity contribution is -0.145. The maximum Gasteiger partial charge on any atom is 0.321 e. The van der Waals surface area contributed by atoms with Crippen molar-refractivity contribution in [2.75, 3.05) is 12.4 Å². The van der Waals surface area contributed by atoms with Crippen LogP contribution in [0, 0.1) is 0 Å². The molecule has 4 rings (SSSR count). The van der Waals surface area contributed by atoms with Gasteiger partial charge in [-0.25, -0.2) is 9.78 Å². The Hall–Kier alpha value is -3.82. The molecule has 0 saturated heterocycles. The van der Waals surface area contributed by atoms with Gasteiger partial charge in [-0.05, 0) is 29.3 Å². The number of imide groups is 1. The third-order valence-corrected chi connectivity index (χ3v) is 6.28. The number of hydrogen-bond acceptors (Lipinski definition) is 6. The van der Waals surface area contributed by atoms with Crippen molar-refractivity contribution < 1.29 is 19.1 Å². The van der Waals surface area contributed by atoms with E-state index < -0.39 is 24.5 Å². The van der Waals surface area contributed by atoms with Gasteiger partial charge in [0.2, 0.25) is 0 Å². The molecule has 10 heteroatoms. The van der Waals surface area contributed by atoms with E-state index in [4.69, 9.17) is 16.3 Å². The fourth-order valence-electron chi connectivity index (χ4n) is 3.41.